The third kappa shape index (κ3) is 6.48. The van der Waals surface area contributed by atoms with Gasteiger partial charge in [-0.25, -0.2) is 14.8 Å². The summed E-state index contributed by atoms with van der Waals surface area (Å²) in [5.74, 6) is 0.0787. The van der Waals surface area contributed by atoms with Crippen LogP contribution in [0.4, 0.5) is 13.2 Å². The average molecular weight is 528 g/mol. The van der Waals surface area contributed by atoms with Crippen molar-refractivity contribution in [2.45, 2.75) is 57.9 Å². The monoisotopic (exact) mass is 527 g/mol. The number of ether oxygens (including phenoxy) is 2. The highest BCUT2D eigenvalue weighted by Crippen LogP contribution is 2.41. The molecular formula is C28H28F3N3O4. The SMILES string of the molecule is CCOC(=O)C(C)(C)Oc1ccc(CNC(=O)c2cnc(-c3ccc(C(F)(F)F)cc3)nc2C2CC2)cc1. The Morgan fingerprint density at radius 3 is 2.26 bits per heavy atom. The minimum atomic E-state index is -4.42. The number of benzene rings is 2. The van der Waals surface area contributed by atoms with Crippen LogP contribution in [-0.4, -0.2) is 34.1 Å². The van der Waals surface area contributed by atoms with E-state index in [4.69, 9.17) is 9.47 Å². The highest BCUT2D eigenvalue weighted by Gasteiger charge is 2.33. The minimum absolute atomic E-state index is 0.117. The molecule has 1 N–H and O–H groups in total. The first-order valence-electron chi connectivity index (χ1n) is 12.3. The van der Waals surface area contributed by atoms with Crippen molar-refractivity contribution in [3.8, 4) is 17.1 Å². The fourth-order valence-electron chi connectivity index (χ4n) is 3.78. The average Bonchev–Trinajstić information content (AvgIpc) is 3.73. The number of rotatable bonds is 9. The molecule has 0 saturated heterocycles. The summed E-state index contributed by atoms with van der Waals surface area (Å²) in [6.07, 6.45) is -1.23. The lowest BCUT2D eigenvalue weighted by Crippen LogP contribution is -2.39. The maximum Gasteiger partial charge on any atom is 0.416 e. The fourth-order valence-corrected chi connectivity index (χ4v) is 3.78. The van der Waals surface area contributed by atoms with E-state index in [0.717, 1.165) is 30.5 Å². The molecule has 4 rings (SSSR count). The molecule has 38 heavy (non-hydrogen) atoms. The first-order valence-corrected chi connectivity index (χ1v) is 12.3. The summed E-state index contributed by atoms with van der Waals surface area (Å²) in [5.41, 5.74) is 0.311. The smallest absolute Gasteiger partial charge is 0.416 e. The molecule has 0 atom stereocenters. The standard InChI is InChI=1S/C28H28F3N3O4/c1-4-37-26(36)27(2,3)38-21-13-5-17(6-14-21)15-33-25(35)22-16-32-24(34-23(22)18-7-8-18)19-9-11-20(12-10-19)28(29,30)31/h5-6,9-14,16,18H,4,7-8,15H2,1-3H3,(H,33,35). The maximum absolute atomic E-state index is 13.0. The van der Waals surface area contributed by atoms with Crippen LogP contribution in [0.3, 0.4) is 0 Å². The molecule has 1 heterocycles. The van der Waals surface area contributed by atoms with E-state index in [9.17, 15) is 22.8 Å². The normalized spacial score (nSPS) is 13.6. The third-order valence-corrected chi connectivity index (χ3v) is 6.01. The molecule has 3 aromatic rings. The molecule has 1 amide bonds. The molecule has 1 saturated carbocycles. The second kappa shape index (κ2) is 10.8. The van der Waals surface area contributed by atoms with Crippen molar-refractivity contribution in [3.63, 3.8) is 0 Å². The van der Waals surface area contributed by atoms with Crippen LogP contribution in [0.1, 0.15) is 66.7 Å². The van der Waals surface area contributed by atoms with Crippen LogP contribution in [0.2, 0.25) is 0 Å². The predicted molar refractivity (Wildman–Crippen MR) is 133 cm³/mol. The Labute approximate surface area is 218 Å². The van der Waals surface area contributed by atoms with Gasteiger partial charge in [0.15, 0.2) is 11.4 Å². The molecule has 0 unspecified atom stereocenters. The highest BCUT2D eigenvalue weighted by molar-refractivity contribution is 5.95. The van der Waals surface area contributed by atoms with Crippen molar-refractivity contribution in [2.24, 2.45) is 0 Å². The van der Waals surface area contributed by atoms with E-state index in [1.807, 2.05) is 0 Å². The zero-order chi connectivity index (χ0) is 27.5. The maximum atomic E-state index is 13.0. The molecule has 10 heteroatoms. The molecule has 1 aromatic heterocycles. The highest BCUT2D eigenvalue weighted by atomic mass is 19.4. The van der Waals surface area contributed by atoms with Gasteiger partial charge in [0.2, 0.25) is 0 Å². The van der Waals surface area contributed by atoms with E-state index in [1.54, 1.807) is 45.0 Å². The van der Waals surface area contributed by atoms with Crippen molar-refractivity contribution >= 4 is 11.9 Å². The molecule has 1 aliphatic carbocycles. The van der Waals surface area contributed by atoms with Crippen molar-refractivity contribution in [1.82, 2.24) is 15.3 Å². The van der Waals surface area contributed by atoms with Gasteiger partial charge < -0.3 is 14.8 Å². The topological polar surface area (TPSA) is 90.4 Å². The van der Waals surface area contributed by atoms with Crippen molar-refractivity contribution < 1.29 is 32.2 Å². The second-order valence-corrected chi connectivity index (χ2v) is 9.50. The number of amides is 1. The van der Waals surface area contributed by atoms with Crippen LogP contribution < -0.4 is 10.1 Å². The number of carbonyl (C=O) groups is 2. The van der Waals surface area contributed by atoms with Crippen LogP contribution in [0.5, 0.6) is 5.75 Å². The number of carbonyl (C=O) groups excluding carboxylic acids is 2. The van der Waals surface area contributed by atoms with Gasteiger partial charge in [-0.05, 0) is 63.4 Å². The summed E-state index contributed by atoms with van der Waals surface area (Å²) < 4.78 is 49.4. The third-order valence-electron chi connectivity index (χ3n) is 6.01. The van der Waals surface area contributed by atoms with Gasteiger partial charge in [0.1, 0.15) is 5.75 Å². The molecule has 0 aliphatic heterocycles. The van der Waals surface area contributed by atoms with E-state index in [-0.39, 0.29) is 30.8 Å². The summed E-state index contributed by atoms with van der Waals surface area (Å²) in [6, 6.07) is 11.6. The quantitative estimate of drug-likeness (QED) is 0.360. The van der Waals surface area contributed by atoms with Crippen LogP contribution >= 0.6 is 0 Å². The number of esters is 1. The van der Waals surface area contributed by atoms with Crippen molar-refractivity contribution in [2.75, 3.05) is 6.61 Å². The number of hydrogen-bond donors (Lipinski definition) is 1. The Hall–Kier alpha value is -3.95. The summed E-state index contributed by atoms with van der Waals surface area (Å²) in [7, 11) is 0. The molecule has 0 spiro atoms. The largest absolute Gasteiger partial charge is 0.476 e. The molecule has 200 valence electrons. The first-order chi connectivity index (χ1) is 18.0. The molecule has 7 nitrogen and oxygen atoms in total. The molecule has 0 bridgehead atoms. The summed E-state index contributed by atoms with van der Waals surface area (Å²) in [5, 5.41) is 2.87. The van der Waals surface area contributed by atoms with Crippen LogP contribution in [0.25, 0.3) is 11.4 Å². The van der Waals surface area contributed by atoms with Gasteiger partial charge in [-0.1, -0.05) is 24.3 Å². The van der Waals surface area contributed by atoms with Gasteiger partial charge in [0, 0.05) is 24.2 Å². The van der Waals surface area contributed by atoms with E-state index in [0.29, 0.717) is 22.6 Å². The molecule has 1 aliphatic rings. The van der Waals surface area contributed by atoms with Crippen LogP contribution in [-0.2, 0) is 22.3 Å². The Kier molecular flexibility index (Phi) is 7.71. The lowest BCUT2D eigenvalue weighted by Gasteiger charge is -2.24. The van der Waals surface area contributed by atoms with E-state index < -0.39 is 23.3 Å². The minimum Gasteiger partial charge on any atom is -0.476 e. The first kappa shape index (κ1) is 27.1. The van der Waals surface area contributed by atoms with Gasteiger partial charge in [0.05, 0.1) is 23.4 Å². The summed E-state index contributed by atoms with van der Waals surface area (Å²) in [4.78, 5) is 33.8. The summed E-state index contributed by atoms with van der Waals surface area (Å²) in [6.45, 7) is 5.48. The van der Waals surface area contributed by atoms with Crippen LogP contribution in [0.15, 0.2) is 54.7 Å². The van der Waals surface area contributed by atoms with Crippen molar-refractivity contribution in [1.29, 1.82) is 0 Å². The Bertz CT molecular complexity index is 1300. The van der Waals surface area contributed by atoms with Gasteiger partial charge in [-0.15, -0.1) is 0 Å². The zero-order valence-electron chi connectivity index (χ0n) is 21.3. The van der Waals surface area contributed by atoms with Gasteiger partial charge >= 0.3 is 12.1 Å². The lowest BCUT2D eigenvalue weighted by molar-refractivity contribution is -0.158. The number of nitrogens with zero attached hydrogens (tertiary/aromatic N) is 2. The fraction of sp³-hybridized carbons (Fsp3) is 0.357. The number of alkyl halides is 3. The Morgan fingerprint density at radius 1 is 1.03 bits per heavy atom. The molecule has 2 aromatic carbocycles. The molecular weight excluding hydrogens is 499 g/mol. The second-order valence-electron chi connectivity index (χ2n) is 9.50. The van der Waals surface area contributed by atoms with Crippen molar-refractivity contribution in [3.05, 3.63) is 77.1 Å². The Morgan fingerprint density at radius 2 is 1.68 bits per heavy atom. The number of hydrogen-bond acceptors (Lipinski definition) is 6. The van der Waals surface area contributed by atoms with E-state index in [1.165, 1.54) is 18.3 Å². The number of halogens is 3. The summed E-state index contributed by atoms with van der Waals surface area (Å²) >= 11 is 0. The van der Waals surface area contributed by atoms with Gasteiger partial charge in [-0.2, -0.15) is 13.2 Å². The zero-order valence-corrected chi connectivity index (χ0v) is 21.3. The van der Waals surface area contributed by atoms with E-state index in [2.05, 4.69) is 15.3 Å². The molecule has 1 fully saturated rings. The lowest BCUT2D eigenvalue weighted by atomic mass is 10.1. The Balaban J connectivity index is 1.42. The molecule has 0 radical (unpaired) electrons. The van der Waals surface area contributed by atoms with E-state index >= 15 is 0 Å². The van der Waals surface area contributed by atoms with Gasteiger partial charge in [-0.3, -0.25) is 4.79 Å². The van der Waals surface area contributed by atoms with Gasteiger partial charge in [0.25, 0.3) is 5.91 Å². The predicted octanol–water partition coefficient (Wildman–Crippen LogP) is 5.69. The number of nitrogens with one attached hydrogen (secondary N) is 1. The number of aromatic nitrogens is 2. The van der Waals surface area contributed by atoms with Crippen LogP contribution in [0, 0.1) is 0 Å².